The first-order chi connectivity index (χ1) is 8.22. The Bertz CT molecular complexity index is 499. The van der Waals surface area contributed by atoms with Crippen molar-refractivity contribution >= 4 is 24.2 Å². The molecule has 0 fully saturated rings. The van der Waals surface area contributed by atoms with Crippen molar-refractivity contribution in [2.24, 2.45) is 7.05 Å². The molecule has 7 nitrogen and oxygen atoms in total. The van der Waals surface area contributed by atoms with Crippen LogP contribution in [0.5, 0.6) is 0 Å². The van der Waals surface area contributed by atoms with Crippen LogP contribution in [0.4, 0.5) is 0 Å². The van der Waals surface area contributed by atoms with Crippen molar-refractivity contribution in [3.63, 3.8) is 0 Å². The molecule has 1 N–H and O–H groups in total. The van der Waals surface area contributed by atoms with Crippen LogP contribution in [0.15, 0.2) is 9.79 Å². The highest BCUT2D eigenvalue weighted by Gasteiger charge is 2.11. The highest BCUT2D eigenvalue weighted by molar-refractivity contribution is 7.98. The first kappa shape index (κ1) is 14.9. The second kappa shape index (κ2) is 6.72. The number of halogens is 1. The minimum Gasteiger partial charge on any atom is -0.313 e. The van der Waals surface area contributed by atoms with Gasteiger partial charge in [-0.05, 0) is 14.0 Å². The predicted octanol–water partition coefficient (Wildman–Crippen LogP) is 0.940. The van der Waals surface area contributed by atoms with E-state index in [2.05, 4.69) is 30.5 Å². The zero-order chi connectivity index (χ0) is 12.3. The number of nitrogens with zero attached hydrogens (tertiary/aromatic N) is 5. The molecule has 0 aromatic carbocycles. The van der Waals surface area contributed by atoms with Gasteiger partial charge in [0.2, 0.25) is 0 Å². The molecule has 2 heterocycles. The monoisotopic (exact) mass is 290 g/mol. The molecular weight excluding hydrogens is 276 g/mol. The topological polar surface area (TPSA) is 81.7 Å². The van der Waals surface area contributed by atoms with Gasteiger partial charge in [-0.1, -0.05) is 22.1 Å². The molecule has 0 aliphatic carbocycles. The number of nitrogens with one attached hydrogen (secondary N) is 1. The smallest absolute Gasteiger partial charge is 0.191 e. The van der Waals surface area contributed by atoms with E-state index in [9.17, 15) is 0 Å². The standard InChI is InChI=1S/C9H14N6OS.ClH/c1-6-7(14-16-13-6)5-17-9-12-11-8(4-10-2)15(9)3;/h10H,4-5H2,1-3H3;1H. The molecule has 0 amide bonds. The Morgan fingerprint density at radius 2 is 2.11 bits per heavy atom. The number of rotatable bonds is 5. The lowest BCUT2D eigenvalue weighted by atomic mass is 10.4. The van der Waals surface area contributed by atoms with Crippen molar-refractivity contribution in [3.8, 4) is 0 Å². The fraction of sp³-hybridized carbons (Fsp3) is 0.556. The molecule has 2 aromatic rings. The lowest BCUT2D eigenvalue weighted by molar-refractivity contribution is 0.302. The number of aromatic nitrogens is 5. The second-order valence-corrected chi connectivity index (χ2v) is 4.52. The fourth-order valence-corrected chi connectivity index (χ4v) is 2.22. The Balaban J connectivity index is 0.00000162. The first-order valence-corrected chi connectivity index (χ1v) is 6.14. The Hall–Kier alpha value is -1.12. The molecule has 0 radical (unpaired) electrons. The van der Waals surface area contributed by atoms with E-state index >= 15 is 0 Å². The molecule has 9 heteroatoms. The quantitative estimate of drug-likeness (QED) is 0.821. The van der Waals surface area contributed by atoms with Crippen molar-refractivity contribution in [2.75, 3.05) is 7.05 Å². The van der Waals surface area contributed by atoms with Crippen molar-refractivity contribution in [1.29, 1.82) is 0 Å². The van der Waals surface area contributed by atoms with Crippen LogP contribution in [0, 0.1) is 6.92 Å². The van der Waals surface area contributed by atoms with Crippen LogP contribution in [0.3, 0.4) is 0 Å². The van der Waals surface area contributed by atoms with Crippen LogP contribution in [0.1, 0.15) is 17.2 Å². The molecule has 18 heavy (non-hydrogen) atoms. The minimum absolute atomic E-state index is 0. The number of hydrogen-bond donors (Lipinski definition) is 1. The van der Waals surface area contributed by atoms with E-state index in [1.54, 1.807) is 11.8 Å². The van der Waals surface area contributed by atoms with Gasteiger partial charge in [-0.25, -0.2) is 4.63 Å². The SMILES string of the molecule is CNCc1nnc(SCc2nonc2C)n1C.Cl. The molecule has 0 aliphatic rings. The summed E-state index contributed by atoms with van der Waals surface area (Å²) in [5, 5.41) is 19.7. The summed E-state index contributed by atoms with van der Waals surface area (Å²) in [6.07, 6.45) is 0. The predicted molar refractivity (Wildman–Crippen MR) is 69.6 cm³/mol. The molecule has 0 bridgehead atoms. The number of hydrogen-bond acceptors (Lipinski definition) is 7. The van der Waals surface area contributed by atoms with E-state index in [0.717, 1.165) is 22.4 Å². The molecule has 0 saturated heterocycles. The third-order valence-electron chi connectivity index (χ3n) is 2.34. The maximum absolute atomic E-state index is 4.64. The highest BCUT2D eigenvalue weighted by atomic mass is 35.5. The van der Waals surface area contributed by atoms with E-state index in [1.807, 2.05) is 25.6 Å². The van der Waals surface area contributed by atoms with Crippen LogP contribution >= 0.6 is 24.2 Å². The first-order valence-electron chi connectivity index (χ1n) is 5.16. The van der Waals surface area contributed by atoms with Crippen LogP contribution in [0.25, 0.3) is 0 Å². The largest absolute Gasteiger partial charge is 0.313 e. The Kier molecular flexibility index (Phi) is 5.57. The van der Waals surface area contributed by atoms with Gasteiger partial charge in [0.1, 0.15) is 17.2 Å². The van der Waals surface area contributed by atoms with Crippen LogP contribution in [-0.2, 0) is 19.3 Å². The molecule has 0 aliphatic heterocycles. The van der Waals surface area contributed by atoms with Gasteiger partial charge in [0, 0.05) is 12.8 Å². The average molecular weight is 291 g/mol. The van der Waals surface area contributed by atoms with Gasteiger partial charge in [-0.15, -0.1) is 22.6 Å². The number of aryl methyl sites for hydroxylation is 1. The fourth-order valence-electron chi connectivity index (χ4n) is 1.30. The summed E-state index contributed by atoms with van der Waals surface area (Å²) in [6.45, 7) is 2.57. The van der Waals surface area contributed by atoms with E-state index in [-0.39, 0.29) is 12.4 Å². The summed E-state index contributed by atoms with van der Waals surface area (Å²) in [7, 11) is 3.83. The lowest BCUT2D eigenvalue weighted by Gasteiger charge is -2.01. The maximum atomic E-state index is 4.64. The van der Waals surface area contributed by atoms with Crippen molar-refractivity contribution in [3.05, 3.63) is 17.2 Å². The molecule has 100 valence electrons. The summed E-state index contributed by atoms with van der Waals surface area (Å²) in [5.41, 5.74) is 1.66. The molecule has 0 saturated carbocycles. The van der Waals surface area contributed by atoms with Gasteiger partial charge in [0.25, 0.3) is 0 Å². The van der Waals surface area contributed by atoms with Crippen LogP contribution in [0.2, 0.25) is 0 Å². The van der Waals surface area contributed by atoms with E-state index in [1.165, 1.54) is 0 Å². The minimum atomic E-state index is 0. The molecule has 0 atom stereocenters. The van der Waals surface area contributed by atoms with Crippen LogP contribution < -0.4 is 5.32 Å². The van der Waals surface area contributed by atoms with Gasteiger partial charge in [0.15, 0.2) is 5.16 Å². The zero-order valence-electron chi connectivity index (χ0n) is 10.4. The van der Waals surface area contributed by atoms with Gasteiger partial charge in [-0.3, -0.25) is 0 Å². The molecule has 2 aromatic heterocycles. The highest BCUT2D eigenvalue weighted by Crippen LogP contribution is 2.21. The summed E-state index contributed by atoms with van der Waals surface area (Å²) < 4.78 is 6.60. The molecule has 0 spiro atoms. The van der Waals surface area contributed by atoms with Crippen molar-refractivity contribution in [2.45, 2.75) is 24.4 Å². The summed E-state index contributed by atoms with van der Waals surface area (Å²) in [4.78, 5) is 0. The number of thioether (sulfide) groups is 1. The normalized spacial score (nSPS) is 10.4. The average Bonchev–Trinajstić information content (AvgIpc) is 2.86. The van der Waals surface area contributed by atoms with Gasteiger partial charge in [-0.2, -0.15) is 0 Å². The van der Waals surface area contributed by atoms with E-state index < -0.39 is 0 Å². The van der Waals surface area contributed by atoms with Crippen molar-refractivity contribution in [1.82, 2.24) is 30.4 Å². The van der Waals surface area contributed by atoms with Gasteiger partial charge < -0.3 is 9.88 Å². The molecular formula is C9H15ClN6OS. The molecule has 0 unspecified atom stereocenters. The van der Waals surface area contributed by atoms with Crippen molar-refractivity contribution < 1.29 is 4.63 Å². The Morgan fingerprint density at radius 3 is 2.72 bits per heavy atom. The van der Waals surface area contributed by atoms with Crippen LogP contribution in [-0.4, -0.2) is 32.1 Å². The second-order valence-electron chi connectivity index (χ2n) is 3.57. The third kappa shape index (κ3) is 3.21. The zero-order valence-corrected chi connectivity index (χ0v) is 12.0. The summed E-state index contributed by atoms with van der Waals surface area (Å²) in [6, 6.07) is 0. The Labute approximate surface area is 115 Å². The molecule has 2 rings (SSSR count). The maximum Gasteiger partial charge on any atom is 0.191 e. The summed E-state index contributed by atoms with van der Waals surface area (Å²) in [5.74, 6) is 1.59. The van der Waals surface area contributed by atoms with Gasteiger partial charge in [0.05, 0.1) is 6.54 Å². The van der Waals surface area contributed by atoms with E-state index in [0.29, 0.717) is 12.3 Å². The third-order valence-corrected chi connectivity index (χ3v) is 3.38. The van der Waals surface area contributed by atoms with E-state index in [4.69, 9.17) is 0 Å². The lowest BCUT2D eigenvalue weighted by Crippen LogP contribution is -2.10. The summed E-state index contributed by atoms with van der Waals surface area (Å²) >= 11 is 1.56. The van der Waals surface area contributed by atoms with Gasteiger partial charge >= 0.3 is 0 Å². The Morgan fingerprint density at radius 1 is 1.33 bits per heavy atom.